The molecule has 3 aromatic rings. The van der Waals surface area contributed by atoms with Gasteiger partial charge in [-0.05, 0) is 42.9 Å². The molecule has 0 aliphatic heterocycles. The van der Waals surface area contributed by atoms with Crippen molar-refractivity contribution >= 4 is 27.3 Å². The number of ether oxygens (including phenoxy) is 1. The lowest BCUT2D eigenvalue weighted by Gasteiger charge is -2.15. The molecule has 0 fully saturated rings. The highest BCUT2D eigenvalue weighted by Crippen LogP contribution is 2.34. The third-order valence-corrected chi connectivity index (χ3v) is 5.16. The quantitative estimate of drug-likeness (QED) is 0.537. The first kappa shape index (κ1) is 18.0. The van der Waals surface area contributed by atoms with Crippen LogP contribution in [0, 0.1) is 5.82 Å². The summed E-state index contributed by atoms with van der Waals surface area (Å²) in [7, 11) is 3.69. The van der Waals surface area contributed by atoms with Gasteiger partial charge in [0.25, 0.3) is 0 Å². The standard InChI is InChI=1S/C19H18BrFN2OS/c1-23(10-13-3-6-15(21)7-4-13)11-16-12-25-19(22-16)17-9-14(20)5-8-18(17)24-2/h3-9,12H,10-11H2,1-2H3. The fourth-order valence-electron chi connectivity index (χ4n) is 2.58. The molecule has 1 aromatic heterocycles. The normalized spacial score (nSPS) is 11.1. The van der Waals surface area contributed by atoms with Crippen molar-refractivity contribution in [2.75, 3.05) is 14.2 Å². The van der Waals surface area contributed by atoms with E-state index in [0.717, 1.165) is 45.1 Å². The van der Waals surface area contributed by atoms with Gasteiger partial charge < -0.3 is 4.74 Å². The van der Waals surface area contributed by atoms with Crippen LogP contribution < -0.4 is 4.74 Å². The molecule has 0 atom stereocenters. The summed E-state index contributed by atoms with van der Waals surface area (Å²) >= 11 is 5.10. The maximum Gasteiger partial charge on any atom is 0.129 e. The third kappa shape index (κ3) is 4.66. The molecule has 1 heterocycles. The maximum atomic E-state index is 13.0. The molecule has 0 bridgehead atoms. The van der Waals surface area contributed by atoms with Gasteiger partial charge in [-0.2, -0.15) is 0 Å². The first-order chi connectivity index (χ1) is 12.0. The largest absolute Gasteiger partial charge is 0.496 e. The second-order valence-corrected chi connectivity index (χ2v) is 7.56. The highest BCUT2D eigenvalue weighted by Gasteiger charge is 2.12. The predicted molar refractivity (Wildman–Crippen MR) is 103 cm³/mol. The van der Waals surface area contributed by atoms with Gasteiger partial charge in [-0.1, -0.05) is 28.1 Å². The molecule has 25 heavy (non-hydrogen) atoms. The predicted octanol–water partition coefficient (Wildman–Crippen LogP) is 5.35. The average Bonchev–Trinajstić information content (AvgIpc) is 3.05. The van der Waals surface area contributed by atoms with Crippen molar-refractivity contribution in [3.63, 3.8) is 0 Å². The van der Waals surface area contributed by atoms with Gasteiger partial charge in [-0.15, -0.1) is 11.3 Å². The van der Waals surface area contributed by atoms with Crippen LogP contribution in [0.15, 0.2) is 52.3 Å². The second-order valence-electron chi connectivity index (χ2n) is 5.79. The Hall–Kier alpha value is -1.76. The minimum atomic E-state index is -0.210. The Balaban J connectivity index is 1.71. The van der Waals surface area contributed by atoms with E-state index in [9.17, 15) is 4.39 Å². The zero-order chi connectivity index (χ0) is 17.8. The van der Waals surface area contributed by atoms with Crippen molar-refractivity contribution < 1.29 is 9.13 Å². The number of benzene rings is 2. The Morgan fingerprint density at radius 1 is 1.16 bits per heavy atom. The van der Waals surface area contributed by atoms with Gasteiger partial charge in [0.1, 0.15) is 16.6 Å². The number of thiazole rings is 1. The van der Waals surface area contributed by atoms with Gasteiger partial charge in [0.2, 0.25) is 0 Å². The third-order valence-electron chi connectivity index (χ3n) is 3.74. The van der Waals surface area contributed by atoms with Crippen LogP contribution in [0.2, 0.25) is 0 Å². The van der Waals surface area contributed by atoms with E-state index in [4.69, 9.17) is 9.72 Å². The molecule has 3 nitrogen and oxygen atoms in total. The van der Waals surface area contributed by atoms with Crippen molar-refractivity contribution in [1.29, 1.82) is 0 Å². The lowest BCUT2D eigenvalue weighted by Crippen LogP contribution is -2.17. The van der Waals surface area contributed by atoms with Crippen LogP contribution in [0.4, 0.5) is 4.39 Å². The van der Waals surface area contributed by atoms with Crippen LogP contribution in [0.5, 0.6) is 5.75 Å². The number of hydrogen-bond donors (Lipinski definition) is 0. The SMILES string of the molecule is COc1ccc(Br)cc1-c1nc(CN(C)Cc2ccc(F)cc2)cs1. The molecule has 2 aromatic carbocycles. The monoisotopic (exact) mass is 420 g/mol. The summed E-state index contributed by atoms with van der Waals surface area (Å²) in [5.41, 5.74) is 3.06. The van der Waals surface area contributed by atoms with Crippen LogP contribution >= 0.6 is 27.3 Å². The number of halogens is 2. The molecular weight excluding hydrogens is 403 g/mol. The number of methoxy groups -OCH3 is 1. The van der Waals surface area contributed by atoms with Crippen LogP contribution in [0.1, 0.15) is 11.3 Å². The van der Waals surface area contributed by atoms with E-state index >= 15 is 0 Å². The first-order valence-electron chi connectivity index (χ1n) is 7.76. The van der Waals surface area contributed by atoms with Gasteiger partial charge in [0.15, 0.2) is 0 Å². The Morgan fingerprint density at radius 2 is 1.92 bits per heavy atom. The van der Waals surface area contributed by atoms with Crippen LogP contribution in [0.3, 0.4) is 0 Å². The summed E-state index contributed by atoms with van der Waals surface area (Å²) in [6, 6.07) is 12.5. The van der Waals surface area contributed by atoms with Gasteiger partial charge in [0, 0.05) is 22.9 Å². The smallest absolute Gasteiger partial charge is 0.129 e. The van der Waals surface area contributed by atoms with Crippen molar-refractivity contribution in [1.82, 2.24) is 9.88 Å². The Labute approximate surface area is 159 Å². The van der Waals surface area contributed by atoms with E-state index in [2.05, 4.69) is 26.2 Å². The van der Waals surface area contributed by atoms with Crippen molar-refractivity contribution in [2.24, 2.45) is 0 Å². The molecule has 0 radical (unpaired) electrons. The van der Waals surface area contributed by atoms with Gasteiger partial charge in [0.05, 0.1) is 18.4 Å². The summed E-state index contributed by atoms with van der Waals surface area (Å²) in [4.78, 5) is 6.90. The van der Waals surface area contributed by atoms with Crippen molar-refractivity contribution in [3.8, 4) is 16.3 Å². The highest BCUT2D eigenvalue weighted by atomic mass is 79.9. The molecule has 0 saturated carbocycles. The van der Waals surface area contributed by atoms with E-state index < -0.39 is 0 Å². The lowest BCUT2D eigenvalue weighted by molar-refractivity contribution is 0.315. The van der Waals surface area contributed by atoms with Gasteiger partial charge >= 0.3 is 0 Å². The van der Waals surface area contributed by atoms with Crippen LogP contribution in [-0.2, 0) is 13.1 Å². The molecule has 0 aliphatic carbocycles. The Morgan fingerprint density at radius 3 is 2.64 bits per heavy atom. The number of aromatic nitrogens is 1. The fraction of sp³-hybridized carbons (Fsp3) is 0.211. The average molecular weight is 421 g/mol. The number of nitrogens with zero attached hydrogens (tertiary/aromatic N) is 2. The first-order valence-corrected chi connectivity index (χ1v) is 9.43. The molecule has 0 unspecified atom stereocenters. The summed E-state index contributed by atoms with van der Waals surface area (Å²) in [6.07, 6.45) is 0. The van der Waals surface area contributed by atoms with E-state index in [-0.39, 0.29) is 5.82 Å². The molecule has 0 N–H and O–H groups in total. The maximum absolute atomic E-state index is 13.0. The summed E-state index contributed by atoms with van der Waals surface area (Å²) < 4.78 is 19.4. The van der Waals surface area contributed by atoms with E-state index in [1.54, 1.807) is 18.4 Å². The Bertz CT molecular complexity index is 851. The number of hydrogen-bond acceptors (Lipinski definition) is 4. The molecule has 130 valence electrons. The minimum absolute atomic E-state index is 0.210. The van der Waals surface area contributed by atoms with Crippen molar-refractivity contribution in [3.05, 3.63) is 69.4 Å². The second kappa shape index (κ2) is 8.08. The zero-order valence-corrected chi connectivity index (χ0v) is 16.4. The fourth-order valence-corrected chi connectivity index (χ4v) is 3.78. The molecule has 0 spiro atoms. The molecule has 0 saturated heterocycles. The minimum Gasteiger partial charge on any atom is -0.496 e. The van der Waals surface area contributed by atoms with E-state index in [0.29, 0.717) is 0 Å². The van der Waals surface area contributed by atoms with Gasteiger partial charge in [-0.25, -0.2) is 9.37 Å². The molecule has 3 rings (SSSR count). The van der Waals surface area contributed by atoms with Gasteiger partial charge in [-0.3, -0.25) is 4.90 Å². The van der Waals surface area contributed by atoms with E-state index in [1.165, 1.54) is 12.1 Å². The highest BCUT2D eigenvalue weighted by molar-refractivity contribution is 9.10. The summed E-state index contributed by atoms with van der Waals surface area (Å²) in [5.74, 6) is 0.599. The number of rotatable bonds is 6. The summed E-state index contributed by atoms with van der Waals surface area (Å²) in [6.45, 7) is 1.47. The topological polar surface area (TPSA) is 25.4 Å². The lowest BCUT2D eigenvalue weighted by atomic mass is 10.2. The van der Waals surface area contributed by atoms with Crippen LogP contribution in [0.25, 0.3) is 10.6 Å². The molecule has 0 aliphatic rings. The summed E-state index contributed by atoms with van der Waals surface area (Å²) in [5, 5.41) is 3.00. The molecular formula is C19H18BrFN2OS. The zero-order valence-electron chi connectivity index (χ0n) is 14.0. The Kier molecular flexibility index (Phi) is 5.83. The van der Waals surface area contributed by atoms with E-state index in [1.807, 2.05) is 37.4 Å². The molecule has 0 amide bonds. The van der Waals surface area contributed by atoms with Crippen LogP contribution in [-0.4, -0.2) is 24.0 Å². The molecule has 6 heteroatoms. The van der Waals surface area contributed by atoms with Crippen molar-refractivity contribution in [2.45, 2.75) is 13.1 Å².